The van der Waals surface area contributed by atoms with Gasteiger partial charge < -0.3 is 5.73 Å². The first-order chi connectivity index (χ1) is 9.32. The summed E-state index contributed by atoms with van der Waals surface area (Å²) in [6, 6.07) is 1.90. The highest BCUT2D eigenvalue weighted by Gasteiger charge is 2.25. The molecule has 0 aliphatic heterocycles. The molecule has 3 N–H and O–H groups in total. The number of nitrogens with one attached hydrogen (secondary N) is 1. The Labute approximate surface area is 120 Å². The highest BCUT2D eigenvalue weighted by molar-refractivity contribution is 7.89. The van der Waals surface area contributed by atoms with Crippen LogP contribution in [0, 0.1) is 5.82 Å². The van der Waals surface area contributed by atoms with Crippen LogP contribution in [-0.4, -0.2) is 30.0 Å². The normalized spacial score (nSPS) is 12.0. The summed E-state index contributed by atoms with van der Waals surface area (Å²) in [6.07, 6.45) is 3.08. The van der Waals surface area contributed by atoms with Crippen molar-refractivity contribution in [3.63, 3.8) is 0 Å². The van der Waals surface area contributed by atoms with Gasteiger partial charge in [0, 0.05) is 25.4 Å². The molecule has 0 spiro atoms. The van der Waals surface area contributed by atoms with Crippen molar-refractivity contribution in [1.29, 1.82) is 0 Å². The van der Waals surface area contributed by atoms with Crippen LogP contribution >= 0.6 is 11.6 Å². The van der Waals surface area contributed by atoms with E-state index in [1.807, 2.05) is 0 Å². The predicted molar refractivity (Wildman–Crippen MR) is 73.1 cm³/mol. The minimum Gasteiger partial charge on any atom is -0.396 e. The Bertz CT molecular complexity index is 718. The molecular formula is C11H12ClFN4O2S. The smallest absolute Gasteiger partial charge is 0.244 e. The van der Waals surface area contributed by atoms with E-state index in [1.54, 1.807) is 6.20 Å². The molecular weight excluding hydrogens is 307 g/mol. The summed E-state index contributed by atoms with van der Waals surface area (Å²) in [5.41, 5.74) is 5.80. The number of sulfonamides is 1. The lowest BCUT2D eigenvalue weighted by Crippen LogP contribution is -2.26. The minimum absolute atomic E-state index is 0.104. The number of H-pyrrole nitrogens is 1. The number of hydrogen-bond donors (Lipinski definition) is 2. The summed E-state index contributed by atoms with van der Waals surface area (Å²) < 4.78 is 39.1. The molecule has 0 saturated carbocycles. The van der Waals surface area contributed by atoms with Gasteiger partial charge in [-0.2, -0.15) is 9.40 Å². The molecule has 0 atom stereocenters. The largest absolute Gasteiger partial charge is 0.396 e. The van der Waals surface area contributed by atoms with Gasteiger partial charge in [-0.3, -0.25) is 5.10 Å². The zero-order chi connectivity index (χ0) is 14.9. The lowest BCUT2D eigenvalue weighted by Gasteiger charge is -2.17. The Hall–Kier alpha value is -1.64. The van der Waals surface area contributed by atoms with Crippen molar-refractivity contribution in [2.24, 2.45) is 0 Å². The monoisotopic (exact) mass is 318 g/mol. The summed E-state index contributed by atoms with van der Waals surface area (Å²) in [4.78, 5) is -0.232. The summed E-state index contributed by atoms with van der Waals surface area (Å²) in [7, 11) is -2.48. The van der Waals surface area contributed by atoms with Crippen molar-refractivity contribution >= 4 is 27.3 Å². The fraction of sp³-hybridized carbons (Fsp3) is 0.182. The number of benzene rings is 1. The zero-order valence-corrected chi connectivity index (χ0v) is 12.0. The molecule has 0 aliphatic carbocycles. The molecule has 0 bridgehead atoms. The third-order valence-corrected chi connectivity index (χ3v) is 4.97. The second-order valence-corrected chi connectivity index (χ2v) is 6.59. The van der Waals surface area contributed by atoms with Crippen LogP contribution in [-0.2, 0) is 16.6 Å². The summed E-state index contributed by atoms with van der Waals surface area (Å²) in [5, 5.41) is 6.11. The third kappa shape index (κ3) is 2.77. The molecule has 9 heteroatoms. The van der Waals surface area contributed by atoms with Gasteiger partial charge in [0.2, 0.25) is 10.0 Å². The molecule has 0 radical (unpaired) electrons. The summed E-state index contributed by atoms with van der Waals surface area (Å²) in [6.45, 7) is 0.104. The molecule has 1 aromatic heterocycles. The van der Waals surface area contributed by atoms with Crippen LogP contribution in [0.3, 0.4) is 0 Å². The fourth-order valence-corrected chi connectivity index (χ4v) is 3.30. The van der Waals surface area contributed by atoms with Crippen molar-refractivity contribution in [2.45, 2.75) is 11.4 Å². The maximum absolute atomic E-state index is 13.2. The molecule has 108 valence electrons. The maximum atomic E-state index is 13.2. The van der Waals surface area contributed by atoms with Gasteiger partial charge in [0.15, 0.2) is 0 Å². The molecule has 2 rings (SSSR count). The Morgan fingerprint density at radius 2 is 2.20 bits per heavy atom. The minimum atomic E-state index is -3.87. The van der Waals surface area contributed by atoms with Crippen LogP contribution in [0.1, 0.15) is 5.56 Å². The topological polar surface area (TPSA) is 92.1 Å². The van der Waals surface area contributed by atoms with E-state index in [2.05, 4.69) is 10.2 Å². The van der Waals surface area contributed by atoms with Crippen molar-refractivity contribution in [3.8, 4) is 0 Å². The van der Waals surface area contributed by atoms with Gasteiger partial charge in [0.05, 0.1) is 16.9 Å². The van der Waals surface area contributed by atoms with E-state index < -0.39 is 15.8 Å². The maximum Gasteiger partial charge on any atom is 0.244 e. The Morgan fingerprint density at radius 1 is 1.50 bits per heavy atom. The van der Waals surface area contributed by atoms with E-state index in [-0.39, 0.29) is 22.2 Å². The third-order valence-electron chi connectivity index (χ3n) is 2.70. The number of anilines is 1. The Kier molecular flexibility index (Phi) is 3.98. The second-order valence-electron chi connectivity index (χ2n) is 4.17. The number of nitrogen functional groups attached to an aromatic ring is 1. The lowest BCUT2D eigenvalue weighted by atomic mass is 10.3. The first-order valence-corrected chi connectivity index (χ1v) is 7.32. The van der Waals surface area contributed by atoms with E-state index in [1.165, 1.54) is 13.2 Å². The number of aromatic amines is 1. The zero-order valence-electron chi connectivity index (χ0n) is 10.5. The van der Waals surface area contributed by atoms with Gasteiger partial charge >= 0.3 is 0 Å². The average molecular weight is 319 g/mol. The number of nitrogens with two attached hydrogens (primary N) is 1. The van der Waals surface area contributed by atoms with Gasteiger partial charge in [-0.15, -0.1) is 0 Å². The van der Waals surface area contributed by atoms with E-state index >= 15 is 0 Å². The van der Waals surface area contributed by atoms with Crippen molar-refractivity contribution in [3.05, 3.63) is 40.9 Å². The molecule has 2 aromatic rings. The first-order valence-electron chi connectivity index (χ1n) is 5.51. The molecule has 0 fully saturated rings. The van der Waals surface area contributed by atoms with Gasteiger partial charge in [0.25, 0.3) is 0 Å². The fourth-order valence-electron chi connectivity index (χ4n) is 1.62. The molecule has 0 amide bonds. The standard InChI is InChI=1S/C11H12ClFN4O2S/c1-17(6-7-4-15-16-5-7)20(18,19)11-3-10(14)9(13)2-8(11)12/h2-5H,6,14H2,1H3,(H,15,16). The van der Waals surface area contributed by atoms with Gasteiger partial charge in [-0.05, 0) is 12.1 Å². The molecule has 0 aliphatic rings. The number of hydrogen-bond acceptors (Lipinski definition) is 4. The highest BCUT2D eigenvalue weighted by atomic mass is 35.5. The van der Waals surface area contributed by atoms with Crippen molar-refractivity contribution in [1.82, 2.24) is 14.5 Å². The van der Waals surface area contributed by atoms with Crippen molar-refractivity contribution in [2.75, 3.05) is 12.8 Å². The Morgan fingerprint density at radius 3 is 2.80 bits per heavy atom. The lowest BCUT2D eigenvalue weighted by molar-refractivity contribution is 0.466. The SMILES string of the molecule is CN(Cc1cn[nH]c1)S(=O)(=O)c1cc(N)c(F)cc1Cl. The molecule has 6 nitrogen and oxygen atoms in total. The van der Waals surface area contributed by atoms with Crippen LogP contribution in [0.4, 0.5) is 10.1 Å². The van der Waals surface area contributed by atoms with E-state index in [0.29, 0.717) is 5.56 Å². The molecule has 0 unspecified atom stereocenters. The second kappa shape index (κ2) is 5.39. The van der Waals surface area contributed by atoms with Gasteiger partial charge in [-0.1, -0.05) is 11.6 Å². The molecule has 1 heterocycles. The molecule has 0 saturated heterocycles. The van der Waals surface area contributed by atoms with E-state index in [9.17, 15) is 12.8 Å². The molecule has 1 aromatic carbocycles. The number of halogens is 2. The molecule has 20 heavy (non-hydrogen) atoms. The van der Waals surface area contributed by atoms with Crippen LogP contribution in [0.25, 0.3) is 0 Å². The van der Waals surface area contributed by atoms with E-state index in [0.717, 1.165) is 16.4 Å². The highest BCUT2D eigenvalue weighted by Crippen LogP contribution is 2.28. The van der Waals surface area contributed by atoms with Crippen LogP contribution in [0.5, 0.6) is 0 Å². The Balaban J connectivity index is 2.37. The van der Waals surface area contributed by atoms with Crippen LogP contribution < -0.4 is 5.73 Å². The summed E-state index contributed by atoms with van der Waals surface area (Å²) in [5.74, 6) is -0.758. The number of nitrogens with zero attached hydrogens (tertiary/aromatic N) is 2. The van der Waals surface area contributed by atoms with Gasteiger partial charge in [-0.25, -0.2) is 12.8 Å². The van der Waals surface area contributed by atoms with Crippen LogP contribution in [0.2, 0.25) is 5.02 Å². The number of aromatic nitrogens is 2. The number of rotatable bonds is 4. The van der Waals surface area contributed by atoms with Crippen molar-refractivity contribution < 1.29 is 12.8 Å². The van der Waals surface area contributed by atoms with Gasteiger partial charge in [0.1, 0.15) is 10.7 Å². The van der Waals surface area contributed by atoms with E-state index in [4.69, 9.17) is 17.3 Å². The van der Waals surface area contributed by atoms with Crippen LogP contribution in [0.15, 0.2) is 29.4 Å². The summed E-state index contributed by atoms with van der Waals surface area (Å²) >= 11 is 5.79. The average Bonchev–Trinajstić information content (AvgIpc) is 2.86. The predicted octanol–water partition coefficient (Wildman–Crippen LogP) is 1.61. The first kappa shape index (κ1) is 14.8. The quantitative estimate of drug-likeness (QED) is 0.838.